The Morgan fingerprint density at radius 2 is 1.90 bits per heavy atom. The van der Waals surface area contributed by atoms with Crippen LogP contribution in [0.2, 0.25) is 10.0 Å². The number of halogens is 2. The van der Waals surface area contributed by atoms with Gasteiger partial charge in [-0.25, -0.2) is 0 Å². The molecule has 0 aliphatic rings. The Labute approximate surface area is 135 Å². The summed E-state index contributed by atoms with van der Waals surface area (Å²) in [7, 11) is 0. The van der Waals surface area contributed by atoms with Crippen molar-refractivity contribution in [1.82, 2.24) is 10.3 Å². The van der Waals surface area contributed by atoms with Crippen LogP contribution in [-0.2, 0) is 6.54 Å². The highest BCUT2D eigenvalue weighted by atomic mass is 35.5. The molecule has 1 aromatic heterocycles. The van der Waals surface area contributed by atoms with E-state index in [1.807, 2.05) is 6.07 Å². The first-order valence-corrected chi connectivity index (χ1v) is 7.57. The zero-order valence-corrected chi connectivity index (χ0v) is 13.6. The Bertz CT molecular complexity index is 582. The second-order valence-electron chi connectivity index (χ2n) is 5.22. The lowest BCUT2D eigenvalue weighted by Gasteiger charge is -2.12. The van der Waals surface area contributed by atoms with E-state index in [0.717, 1.165) is 18.7 Å². The smallest absolute Gasteiger partial charge is 0.150 e. The van der Waals surface area contributed by atoms with Crippen LogP contribution in [-0.4, -0.2) is 11.5 Å². The van der Waals surface area contributed by atoms with Crippen LogP contribution in [0, 0.1) is 5.92 Å². The molecule has 1 aromatic carbocycles. The topological polar surface area (TPSA) is 34.2 Å². The van der Waals surface area contributed by atoms with Crippen LogP contribution in [0.3, 0.4) is 0 Å². The maximum atomic E-state index is 5.98. The minimum Gasteiger partial charge on any atom is -0.455 e. The number of hydrogen-bond donors (Lipinski definition) is 1. The third kappa shape index (κ3) is 5.20. The third-order valence-electron chi connectivity index (χ3n) is 2.80. The van der Waals surface area contributed by atoms with Crippen molar-refractivity contribution < 1.29 is 4.74 Å². The molecular formula is C16H18Cl2N2O. The van der Waals surface area contributed by atoms with E-state index in [0.29, 0.717) is 27.5 Å². The predicted octanol–water partition coefficient (Wildman–Crippen LogP) is 4.93. The number of nitrogens with one attached hydrogen (secondary N) is 1. The summed E-state index contributed by atoms with van der Waals surface area (Å²) in [4.78, 5) is 4.11. The van der Waals surface area contributed by atoms with E-state index in [1.54, 1.807) is 30.6 Å². The van der Waals surface area contributed by atoms with Gasteiger partial charge < -0.3 is 10.1 Å². The zero-order chi connectivity index (χ0) is 15.2. The van der Waals surface area contributed by atoms with Gasteiger partial charge in [0.15, 0.2) is 0 Å². The van der Waals surface area contributed by atoms with Crippen molar-refractivity contribution in [3.05, 3.63) is 52.3 Å². The van der Waals surface area contributed by atoms with E-state index in [-0.39, 0.29) is 0 Å². The average molecular weight is 325 g/mol. The normalized spacial score (nSPS) is 10.9. The summed E-state index contributed by atoms with van der Waals surface area (Å²) >= 11 is 12.0. The highest BCUT2D eigenvalue weighted by Crippen LogP contribution is 2.29. The minimum atomic E-state index is 0.542. The molecule has 0 saturated carbocycles. The van der Waals surface area contributed by atoms with Crippen LogP contribution < -0.4 is 10.1 Å². The lowest BCUT2D eigenvalue weighted by molar-refractivity contribution is 0.466. The zero-order valence-electron chi connectivity index (χ0n) is 12.1. The van der Waals surface area contributed by atoms with Crippen molar-refractivity contribution in [3.8, 4) is 11.5 Å². The lowest BCUT2D eigenvalue weighted by atomic mass is 10.2. The molecule has 0 spiro atoms. The molecule has 0 atom stereocenters. The minimum absolute atomic E-state index is 0.542. The monoisotopic (exact) mass is 324 g/mol. The Balaban J connectivity index is 2.12. The fraction of sp³-hybridized carbons (Fsp3) is 0.312. The highest BCUT2D eigenvalue weighted by molar-refractivity contribution is 6.34. The lowest BCUT2D eigenvalue weighted by Crippen LogP contribution is -2.19. The van der Waals surface area contributed by atoms with E-state index in [1.165, 1.54) is 0 Å². The molecule has 0 fully saturated rings. The van der Waals surface area contributed by atoms with Gasteiger partial charge in [0.2, 0.25) is 0 Å². The fourth-order valence-electron chi connectivity index (χ4n) is 1.86. The molecule has 0 aliphatic heterocycles. The summed E-state index contributed by atoms with van der Waals surface area (Å²) in [6, 6.07) is 7.07. The predicted molar refractivity (Wildman–Crippen MR) is 87.3 cm³/mol. The van der Waals surface area contributed by atoms with Gasteiger partial charge in [-0.3, -0.25) is 4.98 Å². The largest absolute Gasteiger partial charge is 0.455 e. The Kier molecular flexibility index (Phi) is 5.85. The maximum absolute atomic E-state index is 5.98. The first-order chi connectivity index (χ1) is 10.0. The molecule has 0 saturated heterocycles. The SMILES string of the molecule is CC(C)CNCc1ccncc1Oc1cc(Cl)cc(Cl)c1. The summed E-state index contributed by atoms with van der Waals surface area (Å²) in [6.07, 6.45) is 3.45. The average Bonchev–Trinajstić information content (AvgIpc) is 2.39. The molecular weight excluding hydrogens is 307 g/mol. The number of aromatic nitrogens is 1. The molecule has 5 heteroatoms. The van der Waals surface area contributed by atoms with Crippen LogP contribution in [0.15, 0.2) is 36.7 Å². The molecule has 0 radical (unpaired) electrons. The van der Waals surface area contributed by atoms with Crippen LogP contribution in [0.4, 0.5) is 0 Å². The van der Waals surface area contributed by atoms with Gasteiger partial charge in [-0.05, 0) is 36.7 Å². The Hall–Kier alpha value is -1.29. The molecule has 0 unspecified atom stereocenters. The molecule has 0 amide bonds. The van der Waals surface area contributed by atoms with Gasteiger partial charge in [0, 0.05) is 28.4 Å². The van der Waals surface area contributed by atoms with E-state index in [4.69, 9.17) is 27.9 Å². The van der Waals surface area contributed by atoms with Gasteiger partial charge >= 0.3 is 0 Å². The highest BCUT2D eigenvalue weighted by Gasteiger charge is 2.07. The summed E-state index contributed by atoms with van der Waals surface area (Å²) < 4.78 is 5.86. The molecule has 3 nitrogen and oxygen atoms in total. The van der Waals surface area contributed by atoms with Crippen LogP contribution >= 0.6 is 23.2 Å². The van der Waals surface area contributed by atoms with Crippen molar-refractivity contribution in [2.45, 2.75) is 20.4 Å². The van der Waals surface area contributed by atoms with Crippen LogP contribution in [0.25, 0.3) is 0 Å². The third-order valence-corrected chi connectivity index (χ3v) is 3.24. The van der Waals surface area contributed by atoms with Crippen molar-refractivity contribution >= 4 is 23.2 Å². The van der Waals surface area contributed by atoms with Gasteiger partial charge in [0.25, 0.3) is 0 Å². The molecule has 0 bridgehead atoms. The van der Waals surface area contributed by atoms with Crippen LogP contribution in [0.5, 0.6) is 11.5 Å². The molecule has 2 rings (SSSR count). The van der Waals surface area contributed by atoms with Gasteiger partial charge in [0.05, 0.1) is 6.20 Å². The molecule has 1 heterocycles. The van der Waals surface area contributed by atoms with Gasteiger partial charge in [-0.1, -0.05) is 37.0 Å². The van der Waals surface area contributed by atoms with Crippen molar-refractivity contribution in [2.75, 3.05) is 6.54 Å². The number of pyridine rings is 1. The quantitative estimate of drug-likeness (QED) is 0.818. The summed E-state index contributed by atoms with van der Waals surface area (Å²) in [5, 5.41) is 4.48. The van der Waals surface area contributed by atoms with E-state index < -0.39 is 0 Å². The molecule has 21 heavy (non-hydrogen) atoms. The molecule has 2 aromatic rings. The molecule has 112 valence electrons. The number of benzene rings is 1. The van der Waals surface area contributed by atoms with Gasteiger partial charge in [-0.15, -0.1) is 0 Å². The second-order valence-corrected chi connectivity index (χ2v) is 6.09. The summed E-state index contributed by atoms with van der Waals surface area (Å²) in [6.45, 7) is 6.02. The van der Waals surface area contributed by atoms with Crippen molar-refractivity contribution in [3.63, 3.8) is 0 Å². The fourth-order valence-corrected chi connectivity index (χ4v) is 2.36. The van der Waals surface area contributed by atoms with E-state index >= 15 is 0 Å². The standard InChI is InChI=1S/C16H18Cl2N2O/c1-11(2)8-20-9-12-3-4-19-10-16(12)21-15-6-13(17)5-14(18)7-15/h3-7,10-11,20H,8-9H2,1-2H3. The number of rotatable bonds is 6. The summed E-state index contributed by atoms with van der Waals surface area (Å²) in [5.41, 5.74) is 1.04. The second kappa shape index (κ2) is 7.64. The van der Waals surface area contributed by atoms with Gasteiger partial charge in [-0.2, -0.15) is 0 Å². The number of nitrogens with zero attached hydrogens (tertiary/aromatic N) is 1. The van der Waals surface area contributed by atoms with Gasteiger partial charge in [0.1, 0.15) is 11.5 Å². The summed E-state index contributed by atoms with van der Waals surface area (Å²) in [5.74, 6) is 1.90. The molecule has 1 N–H and O–H groups in total. The number of ether oxygens (including phenoxy) is 1. The van der Waals surface area contributed by atoms with Crippen LogP contribution in [0.1, 0.15) is 19.4 Å². The number of hydrogen-bond acceptors (Lipinski definition) is 3. The Morgan fingerprint density at radius 3 is 2.57 bits per heavy atom. The maximum Gasteiger partial charge on any atom is 0.150 e. The van der Waals surface area contributed by atoms with E-state index in [2.05, 4.69) is 24.1 Å². The first-order valence-electron chi connectivity index (χ1n) is 6.82. The first kappa shape index (κ1) is 16.1. The Morgan fingerprint density at radius 1 is 1.19 bits per heavy atom. The molecule has 0 aliphatic carbocycles. The van der Waals surface area contributed by atoms with Crippen molar-refractivity contribution in [2.24, 2.45) is 5.92 Å². The van der Waals surface area contributed by atoms with Crippen molar-refractivity contribution in [1.29, 1.82) is 0 Å². The van der Waals surface area contributed by atoms with E-state index in [9.17, 15) is 0 Å².